The number of fused-ring (bicyclic) bond motifs is 1. The minimum Gasteiger partial charge on any atom is -0.487 e. The van der Waals surface area contributed by atoms with Gasteiger partial charge in [-0.3, -0.25) is 0 Å². The van der Waals surface area contributed by atoms with E-state index in [9.17, 15) is 0 Å². The summed E-state index contributed by atoms with van der Waals surface area (Å²) in [7, 11) is 0. The molecule has 2 rings (SSSR count). The van der Waals surface area contributed by atoms with Crippen molar-refractivity contribution in [3.05, 3.63) is 28.8 Å². The Labute approximate surface area is 111 Å². The van der Waals surface area contributed by atoms with E-state index < -0.39 is 0 Å². The molecule has 2 heteroatoms. The molecule has 0 saturated carbocycles. The Kier molecular flexibility index (Phi) is 3.67. The number of benzene rings is 1. The van der Waals surface area contributed by atoms with Crippen LogP contribution >= 0.6 is 0 Å². The van der Waals surface area contributed by atoms with E-state index in [1.54, 1.807) is 0 Å². The van der Waals surface area contributed by atoms with E-state index in [2.05, 4.69) is 52.1 Å². The molecule has 1 aromatic rings. The minimum atomic E-state index is -0.0847. The van der Waals surface area contributed by atoms with Gasteiger partial charge >= 0.3 is 0 Å². The SMILES string of the molecule is CCCNC1CC(C)(C)Oc2cc(C)cc(C)c21. The molecule has 0 amide bonds. The number of hydrogen-bond acceptors (Lipinski definition) is 2. The molecule has 0 spiro atoms. The third-order valence-corrected chi connectivity index (χ3v) is 3.56. The first kappa shape index (κ1) is 13.4. The highest BCUT2D eigenvalue weighted by Crippen LogP contribution is 2.41. The van der Waals surface area contributed by atoms with Gasteiger partial charge in [0.2, 0.25) is 0 Å². The van der Waals surface area contributed by atoms with Crippen LogP contribution in [0.1, 0.15) is 56.3 Å². The monoisotopic (exact) mass is 247 g/mol. The van der Waals surface area contributed by atoms with Crippen molar-refractivity contribution in [3.63, 3.8) is 0 Å². The molecule has 0 saturated heterocycles. The summed E-state index contributed by atoms with van der Waals surface area (Å²) in [6.45, 7) is 11.9. The number of nitrogens with one attached hydrogen (secondary N) is 1. The summed E-state index contributed by atoms with van der Waals surface area (Å²) in [4.78, 5) is 0. The molecule has 100 valence electrons. The summed E-state index contributed by atoms with van der Waals surface area (Å²) in [5.74, 6) is 1.07. The Morgan fingerprint density at radius 2 is 2.06 bits per heavy atom. The van der Waals surface area contributed by atoms with Gasteiger partial charge in [-0.25, -0.2) is 0 Å². The molecular formula is C16H25NO. The third kappa shape index (κ3) is 2.69. The Hall–Kier alpha value is -1.02. The first-order valence-electron chi connectivity index (χ1n) is 6.96. The molecule has 1 heterocycles. The van der Waals surface area contributed by atoms with E-state index in [1.807, 2.05) is 0 Å². The Balaban J connectivity index is 2.40. The molecule has 0 fully saturated rings. The lowest BCUT2D eigenvalue weighted by molar-refractivity contribution is 0.0658. The lowest BCUT2D eigenvalue weighted by Gasteiger charge is -2.39. The first-order chi connectivity index (χ1) is 8.43. The van der Waals surface area contributed by atoms with Gasteiger partial charge in [-0.2, -0.15) is 0 Å². The second-order valence-corrected chi connectivity index (χ2v) is 6.07. The number of ether oxygens (including phenoxy) is 1. The molecule has 1 N–H and O–H groups in total. The van der Waals surface area contributed by atoms with E-state index in [0.29, 0.717) is 6.04 Å². The zero-order valence-electron chi connectivity index (χ0n) is 12.3. The van der Waals surface area contributed by atoms with E-state index in [4.69, 9.17) is 4.74 Å². The van der Waals surface area contributed by atoms with E-state index >= 15 is 0 Å². The van der Waals surface area contributed by atoms with Crippen LogP contribution in [-0.4, -0.2) is 12.1 Å². The van der Waals surface area contributed by atoms with E-state index in [0.717, 1.165) is 25.1 Å². The fraction of sp³-hybridized carbons (Fsp3) is 0.625. The van der Waals surface area contributed by atoms with Crippen LogP contribution in [0.3, 0.4) is 0 Å². The summed E-state index contributed by atoms with van der Waals surface area (Å²) in [5.41, 5.74) is 3.89. The van der Waals surface area contributed by atoms with Crippen LogP contribution in [0.5, 0.6) is 5.75 Å². The second-order valence-electron chi connectivity index (χ2n) is 6.07. The molecule has 2 nitrogen and oxygen atoms in total. The van der Waals surface area contributed by atoms with Crippen molar-refractivity contribution in [2.75, 3.05) is 6.54 Å². The standard InChI is InChI=1S/C16H25NO/c1-6-7-17-13-10-16(4,5)18-14-9-11(2)8-12(3)15(13)14/h8-9,13,17H,6-7,10H2,1-5H3. The molecule has 18 heavy (non-hydrogen) atoms. The Morgan fingerprint density at radius 1 is 1.33 bits per heavy atom. The summed E-state index contributed by atoms with van der Waals surface area (Å²) < 4.78 is 6.15. The highest BCUT2D eigenvalue weighted by molar-refractivity contribution is 5.47. The van der Waals surface area contributed by atoms with Gasteiger partial charge in [0.05, 0.1) is 0 Å². The Bertz CT molecular complexity index is 437. The summed E-state index contributed by atoms with van der Waals surface area (Å²) in [6.07, 6.45) is 2.20. The van der Waals surface area contributed by atoms with Crippen molar-refractivity contribution in [1.29, 1.82) is 0 Å². The number of aryl methyl sites for hydroxylation is 2. The van der Waals surface area contributed by atoms with Crippen LogP contribution < -0.4 is 10.1 Å². The second kappa shape index (κ2) is 4.93. The van der Waals surface area contributed by atoms with Crippen molar-refractivity contribution in [3.8, 4) is 5.75 Å². The van der Waals surface area contributed by atoms with Gasteiger partial charge < -0.3 is 10.1 Å². The summed E-state index contributed by atoms with van der Waals surface area (Å²) in [5, 5.41) is 3.66. The molecule has 0 aliphatic carbocycles. The fourth-order valence-corrected chi connectivity index (χ4v) is 2.90. The van der Waals surface area contributed by atoms with Crippen LogP contribution in [0.15, 0.2) is 12.1 Å². The molecule has 1 aliphatic rings. The highest BCUT2D eigenvalue weighted by atomic mass is 16.5. The highest BCUT2D eigenvalue weighted by Gasteiger charge is 2.34. The van der Waals surface area contributed by atoms with Crippen molar-refractivity contribution in [2.24, 2.45) is 0 Å². The summed E-state index contributed by atoms with van der Waals surface area (Å²) in [6, 6.07) is 4.84. The first-order valence-corrected chi connectivity index (χ1v) is 6.96. The zero-order chi connectivity index (χ0) is 13.3. The topological polar surface area (TPSA) is 21.3 Å². The van der Waals surface area contributed by atoms with Crippen LogP contribution in [0.2, 0.25) is 0 Å². The van der Waals surface area contributed by atoms with Crippen LogP contribution in [0, 0.1) is 13.8 Å². The average molecular weight is 247 g/mol. The Morgan fingerprint density at radius 3 is 2.72 bits per heavy atom. The lowest BCUT2D eigenvalue weighted by atomic mass is 9.86. The van der Waals surface area contributed by atoms with Gasteiger partial charge in [-0.1, -0.05) is 13.0 Å². The maximum atomic E-state index is 6.15. The largest absolute Gasteiger partial charge is 0.487 e. The molecular weight excluding hydrogens is 222 g/mol. The van der Waals surface area contributed by atoms with Crippen molar-refractivity contribution >= 4 is 0 Å². The van der Waals surface area contributed by atoms with Crippen LogP contribution in [-0.2, 0) is 0 Å². The van der Waals surface area contributed by atoms with E-state index in [-0.39, 0.29) is 5.60 Å². The predicted molar refractivity (Wildman–Crippen MR) is 76.3 cm³/mol. The molecule has 0 aromatic heterocycles. The predicted octanol–water partition coefficient (Wildman–Crippen LogP) is 3.91. The average Bonchev–Trinajstić information content (AvgIpc) is 2.22. The van der Waals surface area contributed by atoms with E-state index in [1.165, 1.54) is 16.7 Å². The van der Waals surface area contributed by atoms with Gasteiger partial charge in [0, 0.05) is 18.0 Å². The van der Waals surface area contributed by atoms with Crippen molar-refractivity contribution < 1.29 is 4.74 Å². The zero-order valence-corrected chi connectivity index (χ0v) is 12.3. The fourth-order valence-electron chi connectivity index (χ4n) is 2.90. The third-order valence-electron chi connectivity index (χ3n) is 3.56. The van der Waals surface area contributed by atoms with Crippen LogP contribution in [0.4, 0.5) is 0 Å². The normalized spacial score (nSPS) is 21.3. The van der Waals surface area contributed by atoms with Gasteiger partial charge in [-0.15, -0.1) is 0 Å². The van der Waals surface area contributed by atoms with Crippen molar-refractivity contribution in [1.82, 2.24) is 5.32 Å². The quantitative estimate of drug-likeness (QED) is 0.874. The number of hydrogen-bond donors (Lipinski definition) is 1. The smallest absolute Gasteiger partial charge is 0.125 e. The maximum absolute atomic E-state index is 6.15. The molecule has 1 unspecified atom stereocenters. The molecule has 1 aromatic carbocycles. The van der Waals surface area contributed by atoms with Gasteiger partial charge in [0.15, 0.2) is 0 Å². The van der Waals surface area contributed by atoms with Crippen LogP contribution in [0.25, 0.3) is 0 Å². The number of rotatable bonds is 3. The molecule has 0 radical (unpaired) electrons. The van der Waals surface area contributed by atoms with Gasteiger partial charge in [-0.05, 0) is 57.9 Å². The maximum Gasteiger partial charge on any atom is 0.125 e. The molecule has 0 bridgehead atoms. The molecule has 1 aliphatic heterocycles. The van der Waals surface area contributed by atoms with Crippen molar-refractivity contribution in [2.45, 2.75) is 59.1 Å². The lowest BCUT2D eigenvalue weighted by Crippen LogP contribution is -2.40. The summed E-state index contributed by atoms with van der Waals surface area (Å²) >= 11 is 0. The molecule has 1 atom stereocenters. The van der Waals surface area contributed by atoms with Gasteiger partial charge in [0.1, 0.15) is 11.4 Å². The van der Waals surface area contributed by atoms with Gasteiger partial charge in [0.25, 0.3) is 0 Å². The minimum absolute atomic E-state index is 0.0847.